The quantitative estimate of drug-likeness (QED) is 0.853. The summed E-state index contributed by atoms with van der Waals surface area (Å²) in [7, 11) is 0. The van der Waals surface area contributed by atoms with Crippen LogP contribution in [0, 0.1) is 6.92 Å². The molecule has 4 heteroatoms. The summed E-state index contributed by atoms with van der Waals surface area (Å²) in [5.74, 6) is 1.01. The molecular formula is C13H15Br2NO. The van der Waals surface area contributed by atoms with E-state index in [4.69, 9.17) is 4.42 Å². The van der Waals surface area contributed by atoms with Crippen LogP contribution in [0.5, 0.6) is 0 Å². The molecule has 17 heavy (non-hydrogen) atoms. The zero-order valence-corrected chi connectivity index (χ0v) is 13.3. The van der Waals surface area contributed by atoms with Gasteiger partial charge in [0.1, 0.15) is 11.3 Å². The van der Waals surface area contributed by atoms with E-state index in [1.54, 1.807) is 0 Å². The standard InChI is InChI=1S/C13H15Br2NO/c1-7(2)16-6-12-8(3)10-4-9(14)5-11(15)13(10)17-12/h4-5,7,16H,6H2,1-3H3. The summed E-state index contributed by atoms with van der Waals surface area (Å²) in [4.78, 5) is 0. The highest BCUT2D eigenvalue weighted by atomic mass is 79.9. The number of hydrogen-bond acceptors (Lipinski definition) is 2. The Kier molecular flexibility index (Phi) is 3.95. The first-order chi connectivity index (χ1) is 7.99. The van der Waals surface area contributed by atoms with Gasteiger partial charge in [0.2, 0.25) is 0 Å². The smallest absolute Gasteiger partial charge is 0.148 e. The van der Waals surface area contributed by atoms with E-state index >= 15 is 0 Å². The molecule has 0 atom stereocenters. The number of aryl methyl sites for hydroxylation is 1. The number of furan rings is 1. The number of hydrogen-bond donors (Lipinski definition) is 1. The van der Waals surface area contributed by atoms with Gasteiger partial charge in [-0.2, -0.15) is 0 Å². The van der Waals surface area contributed by atoms with Crippen LogP contribution in [-0.4, -0.2) is 6.04 Å². The molecule has 2 rings (SSSR count). The molecular weight excluding hydrogens is 346 g/mol. The molecule has 0 spiro atoms. The molecule has 2 nitrogen and oxygen atoms in total. The molecule has 0 aliphatic heterocycles. The average molecular weight is 361 g/mol. The predicted molar refractivity (Wildman–Crippen MR) is 78.3 cm³/mol. The highest BCUT2D eigenvalue weighted by Crippen LogP contribution is 2.34. The fourth-order valence-corrected chi connectivity index (χ4v) is 3.06. The van der Waals surface area contributed by atoms with Crippen molar-refractivity contribution in [3.63, 3.8) is 0 Å². The highest BCUT2D eigenvalue weighted by Gasteiger charge is 2.13. The molecule has 0 radical (unpaired) electrons. The third-order valence-electron chi connectivity index (χ3n) is 2.73. The Balaban J connectivity index is 2.45. The zero-order chi connectivity index (χ0) is 12.6. The number of halogens is 2. The Morgan fingerprint density at radius 3 is 2.65 bits per heavy atom. The second kappa shape index (κ2) is 5.12. The molecule has 0 aliphatic carbocycles. The van der Waals surface area contributed by atoms with Crippen molar-refractivity contribution in [1.82, 2.24) is 5.32 Å². The van der Waals surface area contributed by atoms with Crippen LogP contribution in [0.3, 0.4) is 0 Å². The molecule has 0 amide bonds. The first kappa shape index (κ1) is 13.1. The van der Waals surface area contributed by atoms with E-state index in [9.17, 15) is 0 Å². The Morgan fingerprint density at radius 2 is 2.00 bits per heavy atom. The summed E-state index contributed by atoms with van der Waals surface area (Å²) < 4.78 is 7.95. The highest BCUT2D eigenvalue weighted by molar-refractivity contribution is 9.11. The van der Waals surface area contributed by atoms with Crippen molar-refractivity contribution in [3.05, 3.63) is 32.4 Å². The van der Waals surface area contributed by atoms with E-state index in [2.05, 4.69) is 64.0 Å². The molecule has 0 bridgehead atoms. The molecule has 0 aliphatic rings. The van der Waals surface area contributed by atoms with Crippen LogP contribution in [0.4, 0.5) is 0 Å². The van der Waals surface area contributed by atoms with Crippen LogP contribution in [0.1, 0.15) is 25.2 Å². The summed E-state index contributed by atoms with van der Waals surface area (Å²) in [6, 6.07) is 4.56. The summed E-state index contributed by atoms with van der Waals surface area (Å²) in [6.45, 7) is 7.12. The van der Waals surface area contributed by atoms with Crippen molar-refractivity contribution >= 4 is 42.8 Å². The van der Waals surface area contributed by atoms with E-state index in [0.29, 0.717) is 6.04 Å². The second-order valence-corrected chi connectivity index (χ2v) is 6.22. The SMILES string of the molecule is Cc1c(CNC(C)C)oc2c(Br)cc(Br)cc12. The van der Waals surface area contributed by atoms with Gasteiger partial charge in [0.25, 0.3) is 0 Å². The molecule has 2 aromatic rings. The van der Waals surface area contributed by atoms with Crippen molar-refractivity contribution in [2.24, 2.45) is 0 Å². The van der Waals surface area contributed by atoms with Gasteiger partial charge in [-0.1, -0.05) is 29.8 Å². The lowest BCUT2D eigenvalue weighted by Crippen LogP contribution is -2.21. The third-order valence-corrected chi connectivity index (χ3v) is 3.77. The minimum Gasteiger partial charge on any atom is -0.458 e. The van der Waals surface area contributed by atoms with Gasteiger partial charge < -0.3 is 9.73 Å². The number of benzene rings is 1. The zero-order valence-electron chi connectivity index (χ0n) is 10.1. The van der Waals surface area contributed by atoms with Crippen molar-refractivity contribution in [2.75, 3.05) is 0 Å². The van der Waals surface area contributed by atoms with Crippen LogP contribution in [-0.2, 0) is 6.54 Å². The summed E-state index contributed by atoms with van der Waals surface area (Å²) in [5, 5.41) is 4.54. The van der Waals surface area contributed by atoms with Crippen LogP contribution >= 0.6 is 31.9 Å². The molecule has 0 saturated carbocycles. The summed E-state index contributed by atoms with van der Waals surface area (Å²) in [5.41, 5.74) is 2.13. The lowest BCUT2D eigenvalue weighted by atomic mass is 10.1. The van der Waals surface area contributed by atoms with Crippen molar-refractivity contribution < 1.29 is 4.42 Å². The minimum atomic E-state index is 0.456. The van der Waals surface area contributed by atoms with Gasteiger partial charge in [-0.25, -0.2) is 0 Å². The molecule has 1 aromatic heterocycles. The van der Waals surface area contributed by atoms with Gasteiger partial charge in [-0.3, -0.25) is 0 Å². The average Bonchev–Trinajstić information content (AvgIpc) is 2.54. The van der Waals surface area contributed by atoms with Crippen LogP contribution in [0.15, 0.2) is 25.5 Å². The third kappa shape index (κ3) is 2.75. The van der Waals surface area contributed by atoms with E-state index in [1.165, 1.54) is 5.56 Å². The maximum Gasteiger partial charge on any atom is 0.148 e. The monoisotopic (exact) mass is 359 g/mol. The normalized spacial score (nSPS) is 11.6. The van der Waals surface area contributed by atoms with Crippen molar-refractivity contribution in [1.29, 1.82) is 0 Å². The van der Waals surface area contributed by atoms with Gasteiger partial charge >= 0.3 is 0 Å². The number of rotatable bonds is 3. The Labute approximate surface area is 118 Å². The first-order valence-corrected chi connectivity index (χ1v) is 7.18. The van der Waals surface area contributed by atoms with Crippen molar-refractivity contribution in [3.8, 4) is 0 Å². The summed E-state index contributed by atoms with van der Waals surface area (Å²) in [6.07, 6.45) is 0. The topological polar surface area (TPSA) is 25.2 Å². The van der Waals surface area contributed by atoms with Gasteiger partial charge in [0.15, 0.2) is 0 Å². The molecule has 1 N–H and O–H groups in total. The second-order valence-electron chi connectivity index (χ2n) is 4.45. The van der Waals surface area contributed by atoms with E-state index in [1.807, 2.05) is 6.07 Å². The van der Waals surface area contributed by atoms with E-state index in [-0.39, 0.29) is 0 Å². The maximum atomic E-state index is 5.90. The fraction of sp³-hybridized carbons (Fsp3) is 0.385. The molecule has 1 aromatic carbocycles. The molecule has 0 unspecified atom stereocenters. The van der Waals surface area contributed by atoms with Gasteiger partial charge in [-0.15, -0.1) is 0 Å². The van der Waals surface area contributed by atoms with Crippen LogP contribution in [0.2, 0.25) is 0 Å². The Bertz CT molecular complexity index is 546. The summed E-state index contributed by atoms with van der Waals surface area (Å²) >= 11 is 7.03. The lowest BCUT2D eigenvalue weighted by Gasteiger charge is -2.05. The van der Waals surface area contributed by atoms with E-state index in [0.717, 1.165) is 32.2 Å². The van der Waals surface area contributed by atoms with Crippen LogP contribution in [0.25, 0.3) is 11.0 Å². The van der Waals surface area contributed by atoms with Crippen molar-refractivity contribution in [2.45, 2.75) is 33.4 Å². The molecule has 92 valence electrons. The van der Waals surface area contributed by atoms with Crippen LogP contribution < -0.4 is 5.32 Å². The van der Waals surface area contributed by atoms with Gasteiger partial charge in [-0.05, 0) is 40.5 Å². The fourth-order valence-electron chi connectivity index (χ4n) is 1.76. The lowest BCUT2D eigenvalue weighted by molar-refractivity contribution is 0.484. The Morgan fingerprint density at radius 1 is 1.29 bits per heavy atom. The molecule has 0 saturated heterocycles. The Hall–Kier alpha value is -0.320. The first-order valence-electron chi connectivity index (χ1n) is 5.59. The maximum absolute atomic E-state index is 5.90. The minimum absolute atomic E-state index is 0.456. The molecule has 1 heterocycles. The number of nitrogens with one attached hydrogen (secondary N) is 1. The number of fused-ring (bicyclic) bond motifs is 1. The van der Waals surface area contributed by atoms with E-state index < -0.39 is 0 Å². The largest absolute Gasteiger partial charge is 0.458 e. The predicted octanol–water partition coefficient (Wildman–Crippen LogP) is 4.76. The van der Waals surface area contributed by atoms with Gasteiger partial charge in [0, 0.05) is 15.9 Å². The van der Waals surface area contributed by atoms with Gasteiger partial charge in [0.05, 0.1) is 11.0 Å². The molecule has 0 fully saturated rings.